The van der Waals surface area contributed by atoms with Crippen LogP contribution < -0.4 is 9.47 Å². The van der Waals surface area contributed by atoms with Crippen LogP contribution in [0, 0.1) is 0 Å². The van der Waals surface area contributed by atoms with Gasteiger partial charge in [0, 0.05) is 16.1 Å². The third-order valence-electron chi connectivity index (χ3n) is 2.67. The summed E-state index contributed by atoms with van der Waals surface area (Å²) in [5.41, 5.74) is 0.659. The lowest BCUT2D eigenvalue weighted by Gasteiger charge is -2.12. The monoisotopic (exact) mass is 348 g/mol. The molecule has 0 spiro atoms. The zero-order valence-electron chi connectivity index (χ0n) is 11.2. The fraction of sp³-hybridized carbons (Fsp3) is 0.0625. The molecule has 0 saturated carbocycles. The van der Waals surface area contributed by atoms with Crippen molar-refractivity contribution in [2.75, 3.05) is 7.11 Å². The normalized spacial score (nSPS) is 10.6. The molecule has 1 N–H and O–H groups in total. The van der Waals surface area contributed by atoms with E-state index in [1.807, 2.05) is 18.2 Å². The maximum Gasteiger partial charge on any atom is 0.328 e. The Morgan fingerprint density at radius 2 is 1.86 bits per heavy atom. The third kappa shape index (κ3) is 4.10. The van der Waals surface area contributed by atoms with Gasteiger partial charge in [0.05, 0.1) is 7.11 Å². The molecule has 2 aromatic carbocycles. The van der Waals surface area contributed by atoms with Crippen LogP contribution in [0.2, 0.25) is 0 Å². The van der Waals surface area contributed by atoms with Gasteiger partial charge >= 0.3 is 5.97 Å². The largest absolute Gasteiger partial charge is 0.493 e. The first kappa shape index (κ1) is 15.1. The summed E-state index contributed by atoms with van der Waals surface area (Å²) < 4.78 is 11.9. The highest BCUT2D eigenvalue weighted by Crippen LogP contribution is 2.34. The van der Waals surface area contributed by atoms with E-state index in [9.17, 15) is 4.79 Å². The molecular formula is C16H13BrO4. The minimum absolute atomic E-state index is 0.534. The van der Waals surface area contributed by atoms with Crippen LogP contribution in [-0.2, 0) is 4.79 Å². The third-order valence-corrected chi connectivity index (χ3v) is 3.16. The van der Waals surface area contributed by atoms with Gasteiger partial charge in [-0.25, -0.2) is 4.79 Å². The summed E-state index contributed by atoms with van der Waals surface area (Å²) in [5.74, 6) is 0.682. The van der Waals surface area contributed by atoms with E-state index in [-0.39, 0.29) is 0 Å². The molecule has 2 aromatic rings. The van der Waals surface area contributed by atoms with Gasteiger partial charge in [-0.2, -0.15) is 0 Å². The molecular weight excluding hydrogens is 336 g/mol. The molecule has 0 saturated heterocycles. The Kier molecular flexibility index (Phi) is 5.00. The molecule has 0 aliphatic heterocycles. The number of ether oxygens (including phenoxy) is 2. The van der Waals surface area contributed by atoms with Gasteiger partial charge in [0.2, 0.25) is 0 Å². The molecule has 0 radical (unpaired) electrons. The number of methoxy groups -OCH3 is 1. The number of carbonyl (C=O) groups is 1. The quantitative estimate of drug-likeness (QED) is 0.816. The SMILES string of the molecule is COc1ccccc1Oc1cc(Br)ccc1/C=C/C(=O)O. The zero-order chi connectivity index (χ0) is 15.2. The average molecular weight is 349 g/mol. The van der Waals surface area contributed by atoms with Crippen molar-refractivity contribution in [2.45, 2.75) is 0 Å². The molecule has 0 unspecified atom stereocenters. The summed E-state index contributed by atoms with van der Waals surface area (Å²) >= 11 is 3.37. The van der Waals surface area contributed by atoms with Gasteiger partial charge in [0.25, 0.3) is 0 Å². The van der Waals surface area contributed by atoms with Crippen molar-refractivity contribution >= 4 is 28.0 Å². The number of halogens is 1. The van der Waals surface area contributed by atoms with E-state index >= 15 is 0 Å². The summed E-state index contributed by atoms with van der Waals surface area (Å²) in [6.45, 7) is 0. The zero-order valence-corrected chi connectivity index (χ0v) is 12.8. The first-order valence-corrected chi connectivity index (χ1v) is 6.91. The number of hydrogen-bond donors (Lipinski definition) is 1. The Morgan fingerprint density at radius 1 is 1.14 bits per heavy atom. The van der Waals surface area contributed by atoms with Crippen molar-refractivity contribution < 1.29 is 19.4 Å². The number of para-hydroxylation sites is 2. The molecule has 5 heteroatoms. The van der Waals surface area contributed by atoms with Crippen LogP contribution in [-0.4, -0.2) is 18.2 Å². The van der Waals surface area contributed by atoms with Crippen LogP contribution >= 0.6 is 15.9 Å². The molecule has 0 amide bonds. The van der Waals surface area contributed by atoms with Gasteiger partial charge < -0.3 is 14.6 Å². The molecule has 21 heavy (non-hydrogen) atoms. The van der Waals surface area contributed by atoms with Gasteiger partial charge in [-0.3, -0.25) is 0 Å². The average Bonchev–Trinajstić information content (AvgIpc) is 2.47. The van der Waals surface area contributed by atoms with E-state index < -0.39 is 5.97 Å². The van der Waals surface area contributed by atoms with Crippen LogP contribution in [0.25, 0.3) is 6.08 Å². The number of rotatable bonds is 5. The highest BCUT2D eigenvalue weighted by atomic mass is 79.9. The fourth-order valence-electron chi connectivity index (χ4n) is 1.72. The smallest absolute Gasteiger partial charge is 0.328 e. The molecule has 0 aliphatic carbocycles. The van der Waals surface area contributed by atoms with Crippen molar-refractivity contribution in [2.24, 2.45) is 0 Å². The Bertz CT molecular complexity index is 680. The topological polar surface area (TPSA) is 55.8 Å². The van der Waals surface area contributed by atoms with Gasteiger partial charge in [0.15, 0.2) is 11.5 Å². The minimum atomic E-state index is -1.01. The number of hydrogen-bond acceptors (Lipinski definition) is 3. The molecule has 108 valence electrons. The number of aliphatic carboxylic acids is 1. The Balaban J connectivity index is 2.38. The van der Waals surface area contributed by atoms with Crippen molar-refractivity contribution in [1.82, 2.24) is 0 Å². The first-order valence-electron chi connectivity index (χ1n) is 6.11. The Morgan fingerprint density at radius 3 is 2.52 bits per heavy atom. The minimum Gasteiger partial charge on any atom is -0.493 e. The Hall–Kier alpha value is -2.27. The lowest BCUT2D eigenvalue weighted by atomic mass is 10.2. The van der Waals surface area contributed by atoms with E-state index in [1.165, 1.54) is 6.08 Å². The van der Waals surface area contributed by atoms with E-state index in [4.69, 9.17) is 14.6 Å². The van der Waals surface area contributed by atoms with Gasteiger partial charge in [-0.15, -0.1) is 0 Å². The molecule has 4 nitrogen and oxygen atoms in total. The molecule has 0 atom stereocenters. The second-order valence-electron chi connectivity index (χ2n) is 4.11. The van der Waals surface area contributed by atoms with E-state index in [0.717, 1.165) is 10.5 Å². The number of carboxylic acid groups (broad SMARTS) is 1. The highest BCUT2D eigenvalue weighted by Gasteiger charge is 2.08. The molecule has 0 fully saturated rings. The lowest BCUT2D eigenvalue weighted by Crippen LogP contribution is -1.92. The van der Waals surface area contributed by atoms with Gasteiger partial charge in [-0.1, -0.05) is 34.1 Å². The fourth-order valence-corrected chi connectivity index (χ4v) is 2.06. The predicted octanol–water partition coefficient (Wildman–Crippen LogP) is 4.35. The van der Waals surface area contributed by atoms with Crippen LogP contribution in [0.1, 0.15) is 5.56 Å². The summed E-state index contributed by atoms with van der Waals surface area (Å²) in [4.78, 5) is 10.7. The number of benzene rings is 2. The molecule has 0 aliphatic rings. The molecule has 0 bridgehead atoms. The van der Waals surface area contributed by atoms with Crippen molar-refractivity contribution in [3.63, 3.8) is 0 Å². The predicted molar refractivity (Wildman–Crippen MR) is 83.9 cm³/mol. The standard InChI is InChI=1S/C16H13BrO4/c1-20-13-4-2-3-5-14(13)21-15-10-12(17)8-6-11(15)7-9-16(18)19/h2-10H,1H3,(H,18,19)/b9-7+. The van der Waals surface area contributed by atoms with E-state index in [0.29, 0.717) is 22.8 Å². The second-order valence-corrected chi connectivity index (χ2v) is 5.02. The van der Waals surface area contributed by atoms with Crippen molar-refractivity contribution in [1.29, 1.82) is 0 Å². The molecule has 2 rings (SSSR count). The van der Waals surface area contributed by atoms with Crippen LogP contribution in [0.5, 0.6) is 17.2 Å². The molecule has 0 aromatic heterocycles. The first-order chi connectivity index (χ1) is 10.1. The molecule has 0 heterocycles. The lowest BCUT2D eigenvalue weighted by molar-refractivity contribution is -0.131. The maximum atomic E-state index is 10.7. The number of carboxylic acids is 1. The highest BCUT2D eigenvalue weighted by molar-refractivity contribution is 9.10. The van der Waals surface area contributed by atoms with Crippen LogP contribution in [0.15, 0.2) is 53.0 Å². The Labute approximate surface area is 130 Å². The van der Waals surface area contributed by atoms with Gasteiger partial charge in [-0.05, 0) is 30.3 Å². The summed E-state index contributed by atoms with van der Waals surface area (Å²) in [6.07, 6.45) is 2.55. The summed E-state index contributed by atoms with van der Waals surface area (Å²) in [7, 11) is 1.56. The van der Waals surface area contributed by atoms with E-state index in [2.05, 4.69) is 15.9 Å². The van der Waals surface area contributed by atoms with Crippen molar-refractivity contribution in [3.05, 3.63) is 58.6 Å². The summed E-state index contributed by atoms with van der Waals surface area (Å²) in [6, 6.07) is 12.6. The summed E-state index contributed by atoms with van der Waals surface area (Å²) in [5, 5.41) is 8.74. The van der Waals surface area contributed by atoms with Crippen molar-refractivity contribution in [3.8, 4) is 17.2 Å². The van der Waals surface area contributed by atoms with Crippen LogP contribution in [0.4, 0.5) is 0 Å². The van der Waals surface area contributed by atoms with Crippen LogP contribution in [0.3, 0.4) is 0 Å². The van der Waals surface area contributed by atoms with Gasteiger partial charge in [0.1, 0.15) is 5.75 Å². The van der Waals surface area contributed by atoms with E-state index in [1.54, 1.807) is 31.4 Å². The second kappa shape index (κ2) is 6.95. The maximum absolute atomic E-state index is 10.7.